The number of hydrogen-bond donors (Lipinski definition) is 1. The second-order valence-electron chi connectivity index (χ2n) is 4.45. The monoisotopic (exact) mass is 254 g/mol. The molecule has 0 radical (unpaired) electrons. The molecular formula is C15H18N4. The van der Waals surface area contributed by atoms with E-state index in [1.165, 1.54) is 6.20 Å². The Balaban J connectivity index is 2.71. The average molecular weight is 254 g/mol. The van der Waals surface area contributed by atoms with Crippen LogP contribution in [0.5, 0.6) is 0 Å². The summed E-state index contributed by atoms with van der Waals surface area (Å²) in [6.45, 7) is 0. The van der Waals surface area contributed by atoms with Crippen molar-refractivity contribution in [2.24, 2.45) is 10.7 Å². The third-order valence-electron chi connectivity index (χ3n) is 2.92. The predicted octanol–water partition coefficient (Wildman–Crippen LogP) is 2.30. The first-order valence-electron chi connectivity index (χ1n) is 6.09. The number of para-hydroxylation sites is 1. The first kappa shape index (κ1) is 13.1. The van der Waals surface area contributed by atoms with Gasteiger partial charge in [0.15, 0.2) is 0 Å². The lowest BCUT2D eigenvalue weighted by molar-refractivity contribution is 1.13. The number of aliphatic imine (C=N–C) groups is 1. The molecule has 0 saturated heterocycles. The van der Waals surface area contributed by atoms with E-state index in [0.717, 1.165) is 27.9 Å². The summed E-state index contributed by atoms with van der Waals surface area (Å²) in [5.41, 5.74) is 9.37. The van der Waals surface area contributed by atoms with E-state index in [4.69, 9.17) is 5.73 Å². The predicted molar refractivity (Wildman–Crippen MR) is 82.7 cm³/mol. The largest absolute Gasteiger partial charge is 0.404 e. The van der Waals surface area contributed by atoms with Crippen LogP contribution in [0.2, 0.25) is 0 Å². The van der Waals surface area contributed by atoms with Gasteiger partial charge in [0.25, 0.3) is 0 Å². The summed E-state index contributed by atoms with van der Waals surface area (Å²) in [7, 11) is 5.76. The number of allylic oxidation sites excluding steroid dienone is 1. The topological polar surface area (TPSA) is 54.5 Å². The third-order valence-corrected chi connectivity index (χ3v) is 2.92. The Labute approximate surface area is 113 Å². The summed E-state index contributed by atoms with van der Waals surface area (Å²) in [4.78, 5) is 10.7. The van der Waals surface area contributed by atoms with Gasteiger partial charge in [0.2, 0.25) is 0 Å². The van der Waals surface area contributed by atoms with E-state index in [0.29, 0.717) is 0 Å². The molecule has 0 saturated carbocycles. The van der Waals surface area contributed by atoms with Gasteiger partial charge in [-0.15, -0.1) is 0 Å². The minimum Gasteiger partial charge on any atom is -0.404 e. The van der Waals surface area contributed by atoms with Crippen LogP contribution in [-0.4, -0.2) is 32.3 Å². The van der Waals surface area contributed by atoms with Crippen molar-refractivity contribution in [3.63, 3.8) is 0 Å². The van der Waals surface area contributed by atoms with E-state index >= 15 is 0 Å². The maximum atomic E-state index is 5.65. The fourth-order valence-electron chi connectivity index (χ4n) is 2.01. The lowest BCUT2D eigenvalue weighted by Crippen LogP contribution is -2.10. The normalized spacial score (nSPS) is 12.3. The minimum absolute atomic E-state index is 0.816. The Bertz CT molecular complexity index is 642. The van der Waals surface area contributed by atoms with Crippen molar-refractivity contribution >= 4 is 28.4 Å². The van der Waals surface area contributed by atoms with E-state index in [2.05, 4.69) is 20.9 Å². The van der Waals surface area contributed by atoms with E-state index in [1.807, 2.05) is 38.4 Å². The molecule has 0 unspecified atom stereocenters. The molecule has 0 aliphatic carbocycles. The van der Waals surface area contributed by atoms with E-state index in [-0.39, 0.29) is 0 Å². The first-order chi connectivity index (χ1) is 9.17. The van der Waals surface area contributed by atoms with Gasteiger partial charge in [0, 0.05) is 50.2 Å². The summed E-state index contributed by atoms with van der Waals surface area (Å²) >= 11 is 0. The molecule has 1 aromatic heterocycles. The minimum atomic E-state index is 0.816. The van der Waals surface area contributed by atoms with Crippen LogP contribution in [0.15, 0.2) is 41.5 Å². The second kappa shape index (κ2) is 5.52. The first-order valence-corrected chi connectivity index (χ1v) is 6.09. The van der Waals surface area contributed by atoms with Gasteiger partial charge < -0.3 is 10.6 Å². The van der Waals surface area contributed by atoms with Crippen molar-refractivity contribution in [3.8, 4) is 0 Å². The molecule has 0 amide bonds. The number of hydrogen-bond acceptors (Lipinski definition) is 4. The molecule has 0 spiro atoms. The van der Waals surface area contributed by atoms with E-state index in [9.17, 15) is 0 Å². The number of nitrogens with two attached hydrogens (primary N) is 1. The zero-order valence-corrected chi connectivity index (χ0v) is 11.5. The molecule has 1 heterocycles. The molecule has 2 aromatic rings. The summed E-state index contributed by atoms with van der Waals surface area (Å²) in [5.74, 6) is 0. The second-order valence-corrected chi connectivity index (χ2v) is 4.45. The molecular weight excluding hydrogens is 236 g/mol. The van der Waals surface area contributed by atoms with Gasteiger partial charge in [-0.1, -0.05) is 18.2 Å². The zero-order chi connectivity index (χ0) is 13.8. The number of pyridine rings is 1. The molecule has 0 atom stereocenters. The average Bonchev–Trinajstić information content (AvgIpc) is 2.43. The maximum absolute atomic E-state index is 5.65. The van der Waals surface area contributed by atoms with Gasteiger partial charge in [0.1, 0.15) is 0 Å². The summed E-state index contributed by atoms with van der Waals surface area (Å²) in [6, 6.07) is 10.1. The van der Waals surface area contributed by atoms with Crippen molar-refractivity contribution < 1.29 is 0 Å². The molecule has 0 bridgehead atoms. The van der Waals surface area contributed by atoms with Crippen molar-refractivity contribution in [2.75, 3.05) is 26.0 Å². The van der Waals surface area contributed by atoms with Crippen molar-refractivity contribution in [3.05, 3.63) is 42.2 Å². The number of nitrogens with zero attached hydrogens (tertiary/aromatic N) is 3. The Kier molecular flexibility index (Phi) is 3.80. The fraction of sp³-hybridized carbons (Fsp3) is 0.200. The zero-order valence-electron chi connectivity index (χ0n) is 11.5. The SMILES string of the molecule is CN=CC(=CN)c1cc(N(C)C)c2ccccc2n1. The highest BCUT2D eigenvalue weighted by molar-refractivity contribution is 6.10. The van der Waals surface area contributed by atoms with Crippen LogP contribution < -0.4 is 10.6 Å². The Morgan fingerprint density at radius 3 is 2.68 bits per heavy atom. The number of aromatic nitrogens is 1. The van der Waals surface area contributed by atoms with Gasteiger partial charge in [-0.25, -0.2) is 4.98 Å². The molecule has 2 rings (SSSR count). The van der Waals surface area contributed by atoms with Crippen LogP contribution >= 0.6 is 0 Å². The lowest BCUT2D eigenvalue weighted by atomic mass is 10.1. The molecule has 0 fully saturated rings. The van der Waals surface area contributed by atoms with Crippen LogP contribution in [0.4, 0.5) is 5.69 Å². The van der Waals surface area contributed by atoms with Crippen molar-refractivity contribution in [1.82, 2.24) is 4.98 Å². The quantitative estimate of drug-likeness (QED) is 0.855. The summed E-state index contributed by atoms with van der Waals surface area (Å²) in [5, 5.41) is 1.13. The molecule has 19 heavy (non-hydrogen) atoms. The van der Waals surface area contributed by atoms with Gasteiger partial charge in [-0.05, 0) is 12.1 Å². The van der Waals surface area contributed by atoms with Crippen LogP contribution in [0, 0.1) is 0 Å². The van der Waals surface area contributed by atoms with Crippen LogP contribution in [-0.2, 0) is 0 Å². The number of rotatable bonds is 3. The molecule has 0 aliphatic rings. The third kappa shape index (κ3) is 2.57. The lowest BCUT2D eigenvalue weighted by Gasteiger charge is -2.16. The van der Waals surface area contributed by atoms with Crippen LogP contribution in [0.1, 0.15) is 5.69 Å². The van der Waals surface area contributed by atoms with Crippen LogP contribution in [0.3, 0.4) is 0 Å². The van der Waals surface area contributed by atoms with Gasteiger partial charge in [-0.2, -0.15) is 0 Å². The van der Waals surface area contributed by atoms with E-state index in [1.54, 1.807) is 13.3 Å². The fourth-order valence-corrected chi connectivity index (χ4v) is 2.01. The Morgan fingerprint density at radius 1 is 1.32 bits per heavy atom. The van der Waals surface area contributed by atoms with Crippen molar-refractivity contribution in [2.45, 2.75) is 0 Å². The smallest absolute Gasteiger partial charge is 0.0760 e. The molecule has 98 valence electrons. The van der Waals surface area contributed by atoms with Gasteiger partial charge in [0.05, 0.1) is 11.2 Å². The van der Waals surface area contributed by atoms with Crippen molar-refractivity contribution in [1.29, 1.82) is 0 Å². The van der Waals surface area contributed by atoms with Gasteiger partial charge >= 0.3 is 0 Å². The Hall–Kier alpha value is -2.36. The maximum Gasteiger partial charge on any atom is 0.0760 e. The molecule has 4 nitrogen and oxygen atoms in total. The molecule has 2 N–H and O–H groups in total. The highest BCUT2D eigenvalue weighted by Crippen LogP contribution is 2.27. The summed E-state index contributed by atoms with van der Waals surface area (Å²) in [6.07, 6.45) is 3.25. The van der Waals surface area contributed by atoms with Gasteiger partial charge in [-0.3, -0.25) is 4.99 Å². The number of anilines is 1. The number of fused-ring (bicyclic) bond motifs is 1. The highest BCUT2D eigenvalue weighted by Gasteiger charge is 2.09. The highest BCUT2D eigenvalue weighted by atomic mass is 15.1. The standard InChI is InChI=1S/C15H18N4/c1-17-10-11(9-16)14-8-15(19(2)3)12-6-4-5-7-13(12)18-14/h4-10H,16H2,1-3H3. The molecule has 4 heteroatoms. The number of benzene rings is 1. The molecule has 1 aromatic carbocycles. The summed E-state index contributed by atoms with van der Waals surface area (Å²) < 4.78 is 0. The van der Waals surface area contributed by atoms with Crippen LogP contribution in [0.25, 0.3) is 16.5 Å². The molecule has 0 aliphatic heterocycles. The van der Waals surface area contributed by atoms with E-state index < -0.39 is 0 Å². The Morgan fingerprint density at radius 2 is 2.05 bits per heavy atom.